The summed E-state index contributed by atoms with van der Waals surface area (Å²) in [5.74, 6) is 1.62. The SMILES string of the molecule is C=Cc1cnc(Nc2cc(CC)c(NCCO)cc2OC)nc1Nc1ccc2nccnc2c1N(C)SC. The quantitative estimate of drug-likeness (QED) is 0.179. The van der Waals surface area contributed by atoms with Crippen LogP contribution < -0.4 is 25.0 Å². The van der Waals surface area contributed by atoms with E-state index in [1.165, 1.54) is 0 Å². The lowest BCUT2D eigenvalue weighted by molar-refractivity contribution is 0.311. The van der Waals surface area contributed by atoms with Gasteiger partial charge in [-0.1, -0.05) is 31.5 Å². The average molecular weight is 533 g/mol. The van der Waals surface area contributed by atoms with Crippen LogP contribution in [0, 0.1) is 0 Å². The Hall–Kier alpha value is -4.09. The molecule has 2 heterocycles. The minimum atomic E-state index is 0.0446. The number of ether oxygens (including phenoxy) is 1. The fourth-order valence-electron chi connectivity index (χ4n) is 4.02. The summed E-state index contributed by atoms with van der Waals surface area (Å²) in [6.45, 7) is 6.51. The van der Waals surface area contributed by atoms with Crippen molar-refractivity contribution in [2.75, 3.05) is 53.8 Å². The molecule has 0 amide bonds. The van der Waals surface area contributed by atoms with Crippen LogP contribution in [0.1, 0.15) is 18.1 Å². The Bertz CT molecular complexity index is 1430. The van der Waals surface area contributed by atoms with Gasteiger partial charge in [0.25, 0.3) is 0 Å². The van der Waals surface area contributed by atoms with E-state index in [0.717, 1.165) is 51.3 Å². The fourth-order valence-corrected chi connectivity index (χ4v) is 4.39. The number of anilines is 6. The molecule has 0 bridgehead atoms. The maximum atomic E-state index is 9.21. The highest BCUT2D eigenvalue weighted by Crippen LogP contribution is 2.37. The average Bonchev–Trinajstić information content (AvgIpc) is 2.95. The number of methoxy groups -OCH3 is 1. The van der Waals surface area contributed by atoms with Gasteiger partial charge in [0.2, 0.25) is 5.95 Å². The van der Waals surface area contributed by atoms with Gasteiger partial charge in [-0.2, -0.15) is 4.98 Å². The van der Waals surface area contributed by atoms with Gasteiger partial charge in [-0.25, -0.2) is 4.98 Å². The van der Waals surface area contributed by atoms with Crippen molar-refractivity contribution in [2.24, 2.45) is 0 Å². The summed E-state index contributed by atoms with van der Waals surface area (Å²) < 4.78 is 7.67. The molecule has 0 unspecified atom stereocenters. The Morgan fingerprint density at radius 3 is 2.63 bits per heavy atom. The molecule has 38 heavy (non-hydrogen) atoms. The minimum absolute atomic E-state index is 0.0446. The molecule has 4 N–H and O–H groups in total. The number of nitrogens with zero attached hydrogens (tertiary/aromatic N) is 5. The van der Waals surface area contributed by atoms with Crippen molar-refractivity contribution in [3.63, 3.8) is 0 Å². The molecule has 0 aliphatic carbocycles. The van der Waals surface area contributed by atoms with Crippen molar-refractivity contribution in [3.8, 4) is 5.75 Å². The van der Waals surface area contributed by atoms with Crippen LogP contribution in [-0.4, -0.2) is 58.6 Å². The van der Waals surface area contributed by atoms with Crippen LogP contribution in [0.2, 0.25) is 0 Å². The van der Waals surface area contributed by atoms with Gasteiger partial charge in [-0.15, -0.1) is 0 Å². The highest BCUT2D eigenvalue weighted by Gasteiger charge is 2.17. The second kappa shape index (κ2) is 12.4. The summed E-state index contributed by atoms with van der Waals surface area (Å²) in [5, 5.41) is 19.2. The zero-order valence-electron chi connectivity index (χ0n) is 21.9. The van der Waals surface area contributed by atoms with Gasteiger partial charge in [0.05, 0.1) is 36.3 Å². The largest absolute Gasteiger partial charge is 0.494 e. The Kier molecular flexibility index (Phi) is 8.82. The summed E-state index contributed by atoms with van der Waals surface area (Å²) in [7, 11) is 3.60. The molecule has 0 aliphatic heterocycles. The highest BCUT2D eigenvalue weighted by atomic mass is 32.2. The first kappa shape index (κ1) is 27.0. The number of aryl methyl sites for hydroxylation is 1. The fraction of sp³-hybridized carbons (Fsp3) is 0.259. The predicted molar refractivity (Wildman–Crippen MR) is 158 cm³/mol. The van der Waals surface area contributed by atoms with Crippen molar-refractivity contribution in [2.45, 2.75) is 13.3 Å². The number of hydrogen-bond acceptors (Lipinski definition) is 11. The summed E-state index contributed by atoms with van der Waals surface area (Å²) >= 11 is 1.57. The van der Waals surface area contributed by atoms with Crippen molar-refractivity contribution in [3.05, 3.63) is 60.6 Å². The molecular weight excluding hydrogens is 500 g/mol. The number of nitrogens with one attached hydrogen (secondary N) is 3. The minimum Gasteiger partial charge on any atom is -0.494 e. The second-order valence-corrected chi connectivity index (χ2v) is 9.14. The number of aromatic nitrogens is 4. The molecule has 10 nitrogen and oxygen atoms in total. The number of hydrogen-bond donors (Lipinski definition) is 4. The van der Waals surface area contributed by atoms with Gasteiger partial charge >= 0.3 is 0 Å². The summed E-state index contributed by atoms with van der Waals surface area (Å²) in [6, 6.07) is 7.81. The molecule has 0 aliphatic rings. The third kappa shape index (κ3) is 5.74. The molecule has 0 saturated carbocycles. The zero-order valence-corrected chi connectivity index (χ0v) is 22.8. The van der Waals surface area contributed by atoms with E-state index < -0.39 is 0 Å². The Morgan fingerprint density at radius 2 is 1.92 bits per heavy atom. The molecule has 0 spiro atoms. The summed E-state index contributed by atoms with van der Waals surface area (Å²) in [6.07, 6.45) is 9.60. The monoisotopic (exact) mass is 532 g/mol. The Balaban J connectivity index is 1.72. The number of aliphatic hydroxyl groups excluding tert-OH is 1. The molecule has 11 heteroatoms. The van der Waals surface area contributed by atoms with Gasteiger partial charge in [-0.05, 0) is 30.2 Å². The highest BCUT2D eigenvalue weighted by molar-refractivity contribution is 7.99. The number of rotatable bonds is 12. The van der Waals surface area contributed by atoms with E-state index in [0.29, 0.717) is 24.1 Å². The van der Waals surface area contributed by atoms with E-state index in [-0.39, 0.29) is 6.61 Å². The van der Waals surface area contributed by atoms with Crippen LogP contribution in [-0.2, 0) is 6.42 Å². The molecule has 4 aromatic rings. The first-order valence-corrected chi connectivity index (χ1v) is 13.3. The molecule has 2 aromatic carbocycles. The van der Waals surface area contributed by atoms with Gasteiger partial charge in [-0.3, -0.25) is 9.97 Å². The van der Waals surface area contributed by atoms with Crippen LogP contribution in [0.4, 0.5) is 34.5 Å². The van der Waals surface area contributed by atoms with E-state index in [2.05, 4.69) is 44.4 Å². The maximum absolute atomic E-state index is 9.21. The van der Waals surface area contributed by atoms with Crippen molar-refractivity contribution < 1.29 is 9.84 Å². The predicted octanol–water partition coefficient (Wildman–Crippen LogP) is 5.24. The van der Waals surface area contributed by atoms with E-state index in [9.17, 15) is 5.11 Å². The van der Waals surface area contributed by atoms with E-state index >= 15 is 0 Å². The van der Waals surface area contributed by atoms with Crippen LogP contribution in [0.5, 0.6) is 5.75 Å². The zero-order chi connectivity index (χ0) is 27.1. The standard InChI is InChI=1S/C27H32N8O2S/c1-6-17-14-22(23(37-4)15-21(17)29-12-13-36)33-27-31-16-18(7-2)26(34-27)32-20-9-8-19-24(30-11-10-28-19)25(20)35(3)38-5/h7-11,14-16,29,36H,2,6,12-13H2,1,3-5H3,(H2,31,32,33,34). The summed E-state index contributed by atoms with van der Waals surface area (Å²) in [5.41, 5.74) is 6.78. The third-order valence-corrected chi connectivity index (χ3v) is 6.70. The van der Waals surface area contributed by atoms with E-state index in [4.69, 9.17) is 9.72 Å². The van der Waals surface area contributed by atoms with E-state index in [1.807, 2.05) is 41.9 Å². The number of benzene rings is 2. The number of aliphatic hydroxyl groups is 1. The summed E-state index contributed by atoms with van der Waals surface area (Å²) in [4.78, 5) is 18.3. The smallest absolute Gasteiger partial charge is 0.229 e. The lowest BCUT2D eigenvalue weighted by atomic mass is 10.1. The Morgan fingerprint density at radius 1 is 1.11 bits per heavy atom. The topological polar surface area (TPSA) is 120 Å². The molecule has 4 rings (SSSR count). The third-order valence-electron chi connectivity index (χ3n) is 5.97. The lowest BCUT2D eigenvalue weighted by Crippen LogP contribution is -2.11. The molecule has 0 radical (unpaired) electrons. The second-order valence-electron chi connectivity index (χ2n) is 8.23. The van der Waals surface area contributed by atoms with Crippen LogP contribution in [0.15, 0.2) is 49.4 Å². The number of fused-ring (bicyclic) bond motifs is 1. The van der Waals surface area contributed by atoms with Crippen molar-refractivity contribution in [1.82, 2.24) is 19.9 Å². The Labute approximate surface area is 226 Å². The van der Waals surface area contributed by atoms with Gasteiger partial charge in [0, 0.05) is 55.8 Å². The van der Waals surface area contributed by atoms with Gasteiger partial charge in [0.15, 0.2) is 0 Å². The first-order chi connectivity index (χ1) is 18.5. The van der Waals surface area contributed by atoms with Gasteiger partial charge < -0.3 is 30.1 Å². The van der Waals surface area contributed by atoms with Crippen LogP contribution >= 0.6 is 11.9 Å². The maximum Gasteiger partial charge on any atom is 0.229 e. The molecule has 0 saturated heterocycles. The van der Waals surface area contributed by atoms with Crippen LogP contribution in [0.3, 0.4) is 0 Å². The van der Waals surface area contributed by atoms with Gasteiger partial charge in [0.1, 0.15) is 17.1 Å². The molecule has 0 fully saturated rings. The normalized spacial score (nSPS) is 10.8. The molecule has 2 aromatic heterocycles. The first-order valence-electron chi connectivity index (χ1n) is 12.1. The van der Waals surface area contributed by atoms with E-state index in [1.54, 1.807) is 43.7 Å². The van der Waals surface area contributed by atoms with Crippen molar-refractivity contribution >= 4 is 63.6 Å². The molecule has 198 valence electrons. The molecule has 0 atom stereocenters. The van der Waals surface area contributed by atoms with Crippen molar-refractivity contribution in [1.29, 1.82) is 0 Å². The molecular formula is C27H32N8O2S. The van der Waals surface area contributed by atoms with Crippen LogP contribution in [0.25, 0.3) is 17.1 Å². The lowest BCUT2D eigenvalue weighted by Gasteiger charge is -2.22.